The lowest BCUT2D eigenvalue weighted by Gasteiger charge is -2.21. The summed E-state index contributed by atoms with van der Waals surface area (Å²) in [7, 11) is -9.91. The summed E-state index contributed by atoms with van der Waals surface area (Å²) in [5.74, 6) is 0.875. The number of carbonyl (C=O) groups excluding carboxylic acids is 4. The van der Waals surface area contributed by atoms with Crippen LogP contribution in [-0.4, -0.2) is 96.7 Å². The van der Waals surface area contributed by atoms with Crippen LogP contribution in [0.5, 0.6) is 0 Å². The highest BCUT2D eigenvalue weighted by molar-refractivity contribution is 7.47. The normalized spacial score (nSPS) is 14.5. The number of phosphoric ester groups is 2. The van der Waals surface area contributed by atoms with E-state index in [1.165, 1.54) is 167 Å². The van der Waals surface area contributed by atoms with Gasteiger partial charge in [-0.3, -0.25) is 37.3 Å². The Hall–Kier alpha value is -1.94. The smallest absolute Gasteiger partial charge is 0.462 e. The Morgan fingerprint density at radius 3 is 0.772 bits per heavy atom. The zero-order valence-electron chi connectivity index (χ0n) is 60.2. The Morgan fingerprint density at radius 2 is 0.522 bits per heavy atom. The van der Waals surface area contributed by atoms with Crippen molar-refractivity contribution in [1.29, 1.82) is 0 Å². The van der Waals surface area contributed by atoms with Crippen molar-refractivity contribution in [3.63, 3.8) is 0 Å². The maximum absolute atomic E-state index is 13.0. The molecule has 0 radical (unpaired) electrons. The molecule has 92 heavy (non-hydrogen) atoms. The summed E-state index contributed by atoms with van der Waals surface area (Å²) in [4.78, 5) is 72.6. The molecule has 4 unspecified atom stereocenters. The summed E-state index contributed by atoms with van der Waals surface area (Å²) in [5, 5.41) is 10.6. The molecule has 0 saturated heterocycles. The highest BCUT2D eigenvalue weighted by Crippen LogP contribution is 2.45. The Kier molecular flexibility index (Phi) is 61.3. The Bertz CT molecular complexity index is 1820. The van der Waals surface area contributed by atoms with E-state index in [1.807, 2.05) is 0 Å². The highest BCUT2D eigenvalue weighted by Gasteiger charge is 2.30. The zero-order valence-corrected chi connectivity index (χ0v) is 62.0. The molecular weight excluding hydrogens is 1210 g/mol. The predicted molar refractivity (Wildman–Crippen MR) is 372 cm³/mol. The fourth-order valence-corrected chi connectivity index (χ4v) is 12.6. The van der Waals surface area contributed by atoms with Crippen molar-refractivity contribution in [3.8, 4) is 0 Å². The molecule has 0 amide bonds. The van der Waals surface area contributed by atoms with Crippen LogP contribution in [0.1, 0.15) is 364 Å². The highest BCUT2D eigenvalue weighted by atomic mass is 31.2. The van der Waals surface area contributed by atoms with Crippen LogP contribution < -0.4 is 0 Å². The zero-order chi connectivity index (χ0) is 68.2. The van der Waals surface area contributed by atoms with Gasteiger partial charge in [-0.2, -0.15) is 0 Å². The number of rotatable bonds is 70. The molecule has 0 spiro atoms. The minimum absolute atomic E-state index is 0.103. The standard InChI is InChI=1S/C73H142O17P2/c1-9-66(8)52-44-36-28-21-23-31-39-47-55-72(77)89-68(59-84-71(76)54-46-38-30-22-20-26-34-42-50-64(4)5)61-87-91(79,80)85-57-67(74)58-86-92(81,82)88-62-69(90-73(78)56-48-40-32-24-27-35-43-51-65(6)7)60-83-70(75)53-45-37-29-19-17-15-13-11-10-12-14-16-18-25-33-41-49-63(2)3/h63-69,74H,9-62H2,1-8H3,(H,79,80)(H,81,82)/t66?,67?,68-,69-/m1/s1. The molecule has 0 aromatic rings. The van der Waals surface area contributed by atoms with Gasteiger partial charge in [0, 0.05) is 25.7 Å². The van der Waals surface area contributed by atoms with Crippen molar-refractivity contribution in [1.82, 2.24) is 0 Å². The van der Waals surface area contributed by atoms with Crippen LogP contribution in [0.2, 0.25) is 0 Å². The van der Waals surface area contributed by atoms with Crippen LogP contribution in [0.25, 0.3) is 0 Å². The average molecular weight is 1350 g/mol. The number of esters is 4. The van der Waals surface area contributed by atoms with E-state index in [1.54, 1.807) is 0 Å². The van der Waals surface area contributed by atoms with Crippen LogP contribution in [-0.2, 0) is 65.4 Å². The summed E-state index contributed by atoms with van der Waals surface area (Å²) in [6, 6.07) is 0. The first kappa shape index (κ1) is 90.1. The Labute approximate surface area is 562 Å². The van der Waals surface area contributed by atoms with Crippen molar-refractivity contribution >= 4 is 39.5 Å². The topological polar surface area (TPSA) is 237 Å². The summed E-state index contributed by atoms with van der Waals surface area (Å²) in [6.07, 6.45) is 46.0. The summed E-state index contributed by atoms with van der Waals surface area (Å²) in [6.45, 7) is 14.1. The van der Waals surface area contributed by atoms with Gasteiger partial charge in [0.15, 0.2) is 12.2 Å². The van der Waals surface area contributed by atoms with Crippen LogP contribution in [0.3, 0.4) is 0 Å². The van der Waals surface area contributed by atoms with Gasteiger partial charge in [0.25, 0.3) is 0 Å². The number of hydrogen-bond donors (Lipinski definition) is 3. The second-order valence-corrected chi connectivity index (χ2v) is 30.9. The maximum Gasteiger partial charge on any atom is 0.472 e. The van der Waals surface area contributed by atoms with Gasteiger partial charge in [-0.15, -0.1) is 0 Å². The van der Waals surface area contributed by atoms with Gasteiger partial charge in [-0.05, 0) is 49.4 Å². The summed E-state index contributed by atoms with van der Waals surface area (Å²) < 4.78 is 68.3. The molecule has 0 heterocycles. The Morgan fingerprint density at radius 1 is 0.304 bits per heavy atom. The van der Waals surface area contributed by atoms with Crippen molar-refractivity contribution in [2.24, 2.45) is 23.7 Å². The third-order valence-electron chi connectivity index (χ3n) is 17.2. The van der Waals surface area contributed by atoms with E-state index in [4.69, 9.17) is 37.0 Å². The van der Waals surface area contributed by atoms with Crippen LogP contribution in [0, 0.1) is 23.7 Å². The molecule has 0 aromatic carbocycles. The van der Waals surface area contributed by atoms with Crippen LogP contribution in [0.15, 0.2) is 0 Å². The van der Waals surface area contributed by atoms with Gasteiger partial charge in [-0.1, -0.05) is 312 Å². The predicted octanol–water partition coefficient (Wildman–Crippen LogP) is 20.9. The van der Waals surface area contributed by atoms with Gasteiger partial charge < -0.3 is 33.8 Å². The Balaban J connectivity index is 5.18. The number of ether oxygens (including phenoxy) is 4. The first-order chi connectivity index (χ1) is 44.1. The summed E-state index contributed by atoms with van der Waals surface area (Å²) >= 11 is 0. The number of hydrogen-bond acceptors (Lipinski definition) is 15. The SMILES string of the molecule is CCC(C)CCCCCCCCCCC(=O)O[C@H](COC(=O)CCCCCCCCCCC(C)C)COP(=O)(O)OCC(O)COP(=O)(O)OC[C@@H](COC(=O)CCCCCCCCCCCCCCCCCCC(C)C)OC(=O)CCCCCCCCCC(C)C. The fraction of sp³-hybridized carbons (Fsp3) is 0.945. The third-order valence-corrected chi connectivity index (χ3v) is 19.1. The molecule has 0 bridgehead atoms. The van der Waals surface area contributed by atoms with Gasteiger partial charge in [0.2, 0.25) is 0 Å². The quantitative estimate of drug-likeness (QED) is 0.0222. The number of aliphatic hydroxyl groups is 1. The molecule has 17 nitrogen and oxygen atoms in total. The largest absolute Gasteiger partial charge is 0.472 e. The van der Waals surface area contributed by atoms with E-state index >= 15 is 0 Å². The minimum atomic E-state index is -4.95. The van der Waals surface area contributed by atoms with Gasteiger partial charge in [0.05, 0.1) is 26.4 Å². The lowest BCUT2D eigenvalue weighted by atomic mass is 9.99. The molecule has 6 atom stereocenters. The van der Waals surface area contributed by atoms with E-state index in [0.717, 1.165) is 108 Å². The lowest BCUT2D eigenvalue weighted by Crippen LogP contribution is -2.30. The molecule has 0 aliphatic carbocycles. The summed E-state index contributed by atoms with van der Waals surface area (Å²) in [5.41, 5.74) is 0. The minimum Gasteiger partial charge on any atom is -0.462 e. The van der Waals surface area contributed by atoms with Crippen molar-refractivity contribution in [3.05, 3.63) is 0 Å². The van der Waals surface area contributed by atoms with E-state index in [2.05, 4.69) is 55.4 Å². The first-order valence-electron chi connectivity index (χ1n) is 37.7. The molecule has 0 saturated carbocycles. The average Bonchev–Trinajstić information content (AvgIpc) is 2.28. The third kappa shape index (κ3) is 65.4. The number of aliphatic hydroxyl groups excluding tert-OH is 1. The molecule has 0 aromatic heterocycles. The molecule has 0 rings (SSSR count). The van der Waals surface area contributed by atoms with E-state index in [9.17, 15) is 43.2 Å². The first-order valence-corrected chi connectivity index (χ1v) is 40.7. The molecule has 0 aliphatic rings. The number of phosphoric acid groups is 2. The van der Waals surface area contributed by atoms with E-state index < -0.39 is 97.5 Å². The maximum atomic E-state index is 13.0. The van der Waals surface area contributed by atoms with E-state index in [-0.39, 0.29) is 25.7 Å². The van der Waals surface area contributed by atoms with Crippen molar-refractivity contribution in [2.75, 3.05) is 39.6 Å². The number of carbonyl (C=O) groups is 4. The number of unbranched alkanes of at least 4 members (excludes halogenated alkanes) is 35. The van der Waals surface area contributed by atoms with Crippen LogP contribution in [0.4, 0.5) is 0 Å². The van der Waals surface area contributed by atoms with Crippen molar-refractivity contribution in [2.45, 2.75) is 382 Å². The molecule has 19 heteroatoms. The van der Waals surface area contributed by atoms with E-state index in [0.29, 0.717) is 31.6 Å². The lowest BCUT2D eigenvalue weighted by molar-refractivity contribution is -0.161. The molecule has 3 N–H and O–H groups in total. The fourth-order valence-electron chi connectivity index (χ4n) is 11.0. The second-order valence-electron chi connectivity index (χ2n) is 28.0. The van der Waals surface area contributed by atoms with Crippen LogP contribution >= 0.6 is 15.6 Å². The second kappa shape index (κ2) is 62.6. The van der Waals surface area contributed by atoms with Crippen molar-refractivity contribution < 1.29 is 80.2 Å². The molecule has 0 aliphatic heterocycles. The molecule has 0 fully saturated rings. The molecular formula is C73H142O17P2. The van der Waals surface area contributed by atoms with Gasteiger partial charge >= 0.3 is 39.5 Å². The van der Waals surface area contributed by atoms with Gasteiger partial charge in [-0.25, -0.2) is 9.13 Å². The molecule has 546 valence electrons. The van der Waals surface area contributed by atoms with Gasteiger partial charge in [0.1, 0.15) is 19.3 Å². The monoisotopic (exact) mass is 1350 g/mol.